The number of fused-ring (bicyclic) bond motifs is 2. The van der Waals surface area contributed by atoms with E-state index in [1.807, 2.05) is 0 Å². The topological polar surface area (TPSA) is 69.1 Å². The standard InChI is InChI=1S/C13H12N2O2/c16-12-8-6-1-2-7(4-3-6)9(8)13(17)11-10(12)14-5-15-11/h1-2,5-7,16-17H,3-4H2,(H,14,15). The molecule has 4 heteroatoms. The van der Waals surface area contributed by atoms with Gasteiger partial charge < -0.3 is 15.2 Å². The van der Waals surface area contributed by atoms with E-state index in [1.54, 1.807) is 0 Å². The average molecular weight is 228 g/mol. The lowest BCUT2D eigenvalue weighted by Gasteiger charge is -2.34. The summed E-state index contributed by atoms with van der Waals surface area (Å²) < 4.78 is 0. The second-order valence-electron chi connectivity index (χ2n) is 4.83. The van der Waals surface area contributed by atoms with Gasteiger partial charge in [0.1, 0.15) is 22.5 Å². The van der Waals surface area contributed by atoms with E-state index in [2.05, 4.69) is 22.1 Å². The smallest absolute Gasteiger partial charge is 0.147 e. The molecular weight excluding hydrogens is 216 g/mol. The predicted octanol–water partition coefficient (Wildman–Crippen LogP) is 2.50. The summed E-state index contributed by atoms with van der Waals surface area (Å²) in [6.07, 6.45) is 7.86. The third-order valence-electron chi connectivity index (χ3n) is 4.01. The van der Waals surface area contributed by atoms with E-state index in [1.165, 1.54) is 6.33 Å². The Labute approximate surface area is 97.6 Å². The van der Waals surface area contributed by atoms with Gasteiger partial charge in [0.2, 0.25) is 0 Å². The lowest BCUT2D eigenvalue weighted by atomic mass is 9.70. The molecule has 0 radical (unpaired) electrons. The number of H-pyrrole nitrogens is 1. The third-order valence-corrected chi connectivity index (χ3v) is 4.01. The number of nitrogens with one attached hydrogen (secondary N) is 1. The Balaban J connectivity index is 2.19. The van der Waals surface area contributed by atoms with Crippen molar-refractivity contribution < 1.29 is 10.2 Å². The van der Waals surface area contributed by atoms with Gasteiger partial charge >= 0.3 is 0 Å². The molecule has 4 nitrogen and oxygen atoms in total. The largest absolute Gasteiger partial charge is 0.505 e. The highest BCUT2D eigenvalue weighted by Gasteiger charge is 2.35. The maximum absolute atomic E-state index is 10.3. The van der Waals surface area contributed by atoms with Gasteiger partial charge in [-0.05, 0) is 12.8 Å². The number of phenols is 2. The fraction of sp³-hybridized carbons (Fsp3) is 0.308. The molecule has 0 amide bonds. The third kappa shape index (κ3) is 0.958. The Hall–Kier alpha value is -1.97. The molecule has 3 aliphatic carbocycles. The van der Waals surface area contributed by atoms with Crippen LogP contribution in [-0.2, 0) is 0 Å². The van der Waals surface area contributed by atoms with Crippen LogP contribution < -0.4 is 0 Å². The van der Waals surface area contributed by atoms with E-state index < -0.39 is 0 Å². The number of benzene rings is 1. The van der Waals surface area contributed by atoms with Crippen LogP contribution in [0.2, 0.25) is 0 Å². The molecule has 1 aromatic heterocycles. The molecule has 5 rings (SSSR count). The van der Waals surface area contributed by atoms with Crippen molar-refractivity contribution in [3.8, 4) is 11.5 Å². The molecule has 2 bridgehead atoms. The summed E-state index contributed by atoms with van der Waals surface area (Å²) >= 11 is 0. The van der Waals surface area contributed by atoms with Gasteiger partial charge in [0, 0.05) is 23.0 Å². The molecule has 0 saturated carbocycles. The summed E-state index contributed by atoms with van der Waals surface area (Å²) in [5.74, 6) is 0.938. The minimum absolute atomic E-state index is 0.224. The lowest BCUT2D eigenvalue weighted by molar-refractivity contribution is 0.428. The first-order valence-electron chi connectivity index (χ1n) is 5.86. The number of phenolic OH excluding ortho intramolecular Hbond substituents is 2. The van der Waals surface area contributed by atoms with Crippen molar-refractivity contribution in [3.05, 3.63) is 29.6 Å². The quantitative estimate of drug-likeness (QED) is 0.479. The lowest BCUT2D eigenvalue weighted by Crippen LogP contribution is -2.17. The SMILES string of the molecule is Oc1c2c(c(O)c3[nH]cnc13)C1C=CC2CC1. The second kappa shape index (κ2) is 2.83. The maximum Gasteiger partial charge on any atom is 0.147 e. The minimum atomic E-state index is 0.224. The Bertz CT molecular complexity index is 603. The summed E-state index contributed by atoms with van der Waals surface area (Å²) in [6, 6.07) is 0. The summed E-state index contributed by atoms with van der Waals surface area (Å²) in [7, 11) is 0. The zero-order chi connectivity index (χ0) is 11.6. The van der Waals surface area contributed by atoms with Crippen LogP contribution in [0.5, 0.6) is 11.5 Å². The summed E-state index contributed by atoms with van der Waals surface area (Å²) in [6.45, 7) is 0. The van der Waals surface area contributed by atoms with Crippen molar-refractivity contribution in [2.45, 2.75) is 24.7 Å². The van der Waals surface area contributed by atoms with Crippen LogP contribution in [0.15, 0.2) is 18.5 Å². The first-order valence-corrected chi connectivity index (χ1v) is 5.86. The van der Waals surface area contributed by atoms with Crippen molar-refractivity contribution in [1.29, 1.82) is 0 Å². The highest BCUT2D eigenvalue weighted by Crippen LogP contribution is 2.54. The summed E-state index contributed by atoms with van der Waals surface area (Å²) in [5, 5.41) is 20.6. The molecule has 0 aliphatic heterocycles. The van der Waals surface area contributed by atoms with Crippen LogP contribution in [0.4, 0.5) is 0 Å². The molecule has 0 fully saturated rings. The predicted molar refractivity (Wildman–Crippen MR) is 63.3 cm³/mol. The molecule has 2 unspecified atom stereocenters. The number of nitrogens with zero attached hydrogens (tertiary/aromatic N) is 1. The van der Waals surface area contributed by atoms with Crippen molar-refractivity contribution in [2.24, 2.45) is 0 Å². The fourth-order valence-corrected chi connectivity index (χ4v) is 3.22. The first-order chi connectivity index (χ1) is 8.27. The van der Waals surface area contributed by atoms with Crippen LogP contribution in [0.1, 0.15) is 35.8 Å². The number of rotatable bonds is 0. The Morgan fingerprint density at radius 1 is 1.06 bits per heavy atom. The zero-order valence-corrected chi connectivity index (χ0v) is 9.14. The van der Waals surface area contributed by atoms with Crippen molar-refractivity contribution in [2.75, 3.05) is 0 Å². The van der Waals surface area contributed by atoms with E-state index in [0.29, 0.717) is 11.0 Å². The Morgan fingerprint density at radius 2 is 1.71 bits per heavy atom. The molecule has 2 aromatic rings. The molecule has 2 atom stereocenters. The monoisotopic (exact) mass is 228 g/mol. The van der Waals surface area contributed by atoms with Crippen molar-refractivity contribution in [1.82, 2.24) is 9.97 Å². The van der Waals surface area contributed by atoms with Gasteiger partial charge in [0.05, 0.1) is 6.33 Å². The van der Waals surface area contributed by atoms with Gasteiger partial charge in [-0.25, -0.2) is 4.98 Å². The number of aromatic amines is 1. The molecule has 0 saturated heterocycles. The van der Waals surface area contributed by atoms with Crippen LogP contribution in [-0.4, -0.2) is 20.2 Å². The van der Waals surface area contributed by atoms with E-state index in [-0.39, 0.29) is 23.3 Å². The van der Waals surface area contributed by atoms with Crippen molar-refractivity contribution >= 4 is 11.0 Å². The van der Waals surface area contributed by atoms with Gasteiger partial charge in [-0.1, -0.05) is 12.2 Å². The van der Waals surface area contributed by atoms with Gasteiger partial charge in [-0.2, -0.15) is 0 Å². The van der Waals surface area contributed by atoms with Gasteiger partial charge in [0.25, 0.3) is 0 Å². The number of aromatic nitrogens is 2. The number of aromatic hydroxyl groups is 2. The highest BCUT2D eigenvalue weighted by molar-refractivity contribution is 5.91. The van der Waals surface area contributed by atoms with Crippen molar-refractivity contribution in [3.63, 3.8) is 0 Å². The summed E-state index contributed by atoms with van der Waals surface area (Å²) in [5.41, 5.74) is 2.78. The number of allylic oxidation sites excluding steroid dienone is 2. The number of imidazole rings is 1. The fourth-order valence-electron chi connectivity index (χ4n) is 3.22. The van der Waals surface area contributed by atoms with E-state index >= 15 is 0 Å². The molecule has 0 spiro atoms. The highest BCUT2D eigenvalue weighted by atomic mass is 16.3. The molecule has 17 heavy (non-hydrogen) atoms. The summed E-state index contributed by atoms with van der Waals surface area (Å²) in [4.78, 5) is 6.97. The normalized spacial score (nSPS) is 25.4. The Kier molecular flexibility index (Phi) is 1.51. The molecule has 1 heterocycles. The first kappa shape index (κ1) is 9.10. The maximum atomic E-state index is 10.3. The zero-order valence-electron chi connectivity index (χ0n) is 9.14. The van der Waals surface area contributed by atoms with Crippen LogP contribution in [0.3, 0.4) is 0 Å². The van der Waals surface area contributed by atoms with E-state index in [4.69, 9.17) is 0 Å². The van der Waals surface area contributed by atoms with Gasteiger partial charge in [0.15, 0.2) is 0 Å². The van der Waals surface area contributed by atoms with Crippen LogP contribution >= 0.6 is 0 Å². The molecule has 1 aromatic carbocycles. The minimum Gasteiger partial charge on any atom is -0.505 e. The van der Waals surface area contributed by atoms with E-state index in [0.717, 1.165) is 24.0 Å². The van der Waals surface area contributed by atoms with Crippen LogP contribution in [0.25, 0.3) is 11.0 Å². The molecular formula is C13H12N2O2. The molecule has 3 aliphatic rings. The molecule has 3 N–H and O–H groups in total. The van der Waals surface area contributed by atoms with E-state index in [9.17, 15) is 10.2 Å². The van der Waals surface area contributed by atoms with Gasteiger partial charge in [-0.15, -0.1) is 0 Å². The number of hydrogen-bond donors (Lipinski definition) is 3. The van der Waals surface area contributed by atoms with Gasteiger partial charge in [-0.3, -0.25) is 0 Å². The van der Waals surface area contributed by atoms with Crippen LogP contribution in [0, 0.1) is 0 Å². The Morgan fingerprint density at radius 3 is 2.35 bits per heavy atom. The average Bonchev–Trinajstić information content (AvgIpc) is 2.86. The molecule has 86 valence electrons. The second-order valence-corrected chi connectivity index (χ2v) is 4.83. The number of hydrogen-bond acceptors (Lipinski definition) is 3.